The number of nitrogens with zero attached hydrogens (tertiary/aromatic N) is 1. The summed E-state index contributed by atoms with van der Waals surface area (Å²) in [5.41, 5.74) is -0.582. The summed E-state index contributed by atoms with van der Waals surface area (Å²) in [6.07, 6.45) is -5.72. The van der Waals surface area contributed by atoms with Crippen molar-refractivity contribution in [2.24, 2.45) is 0 Å². The fraction of sp³-hybridized carbons (Fsp3) is 0.882. The number of aliphatic hydroxyl groups excluding tert-OH is 4. The van der Waals surface area contributed by atoms with Gasteiger partial charge in [0.2, 0.25) is 5.91 Å². The molecule has 1 saturated heterocycles. The number of aliphatic hydroxyl groups is 4. The Bertz CT molecular complexity index is 510. The van der Waals surface area contributed by atoms with Crippen LogP contribution in [-0.4, -0.2) is 92.6 Å². The van der Waals surface area contributed by atoms with Crippen molar-refractivity contribution in [3.8, 4) is 0 Å². The van der Waals surface area contributed by atoms with Gasteiger partial charge in [-0.1, -0.05) is 0 Å². The molecule has 0 aliphatic carbocycles. The Morgan fingerprint density at radius 1 is 1.26 bits per heavy atom. The first kappa shape index (κ1) is 23.7. The number of ether oxygens (including phenoxy) is 1. The van der Waals surface area contributed by atoms with Gasteiger partial charge >= 0.3 is 5.97 Å². The normalized spacial score (nSPS) is 25.5. The molecular formula is C17H32N2O8. The lowest BCUT2D eigenvalue weighted by atomic mass is 9.93. The average molecular weight is 392 g/mol. The number of amides is 1. The van der Waals surface area contributed by atoms with Gasteiger partial charge in [-0.05, 0) is 27.7 Å². The van der Waals surface area contributed by atoms with Gasteiger partial charge < -0.3 is 30.5 Å². The van der Waals surface area contributed by atoms with Gasteiger partial charge in [-0.25, -0.2) is 0 Å². The van der Waals surface area contributed by atoms with Crippen LogP contribution in [0.25, 0.3) is 0 Å². The summed E-state index contributed by atoms with van der Waals surface area (Å²) >= 11 is 0. The molecule has 0 spiro atoms. The maximum absolute atomic E-state index is 12.3. The molecule has 10 heteroatoms. The van der Waals surface area contributed by atoms with E-state index >= 15 is 0 Å². The minimum atomic E-state index is -1.72. The van der Waals surface area contributed by atoms with Gasteiger partial charge in [-0.3, -0.25) is 14.4 Å². The van der Waals surface area contributed by atoms with Gasteiger partial charge in [0.25, 0.3) is 0 Å². The summed E-state index contributed by atoms with van der Waals surface area (Å²) in [6.45, 7) is 7.83. The molecule has 6 atom stereocenters. The highest BCUT2D eigenvalue weighted by Crippen LogP contribution is 2.32. The van der Waals surface area contributed by atoms with Crippen LogP contribution in [0.1, 0.15) is 41.0 Å². The lowest BCUT2D eigenvalue weighted by Crippen LogP contribution is -2.57. The second-order valence-corrected chi connectivity index (χ2v) is 7.60. The Labute approximate surface area is 159 Å². The molecule has 1 aliphatic rings. The minimum Gasteiger partial charge on any atom is -0.465 e. The summed E-state index contributed by atoms with van der Waals surface area (Å²) in [7, 11) is 0. The Kier molecular flexibility index (Phi) is 8.58. The second kappa shape index (κ2) is 9.76. The van der Waals surface area contributed by atoms with Crippen molar-refractivity contribution >= 4 is 11.9 Å². The van der Waals surface area contributed by atoms with Crippen LogP contribution in [0.5, 0.6) is 0 Å². The first-order valence-electron chi connectivity index (χ1n) is 8.98. The Morgan fingerprint density at radius 2 is 1.85 bits per heavy atom. The molecule has 0 radical (unpaired) electrons. The van der Waals surface area contributed by atoms with Crippen molar-refractivity contribution in [3.05, 3.63) is 0 Å². The third-order valence-electron chi connectivity index (χ3n) is 4.28. The van der Waals surface area contributed by atoms with E-state index in [2.05, 4.69) is 5.32 Å². The molecule has 1 fully saturated rings. The third kappa shape index (κ3) is 6.09. The molecule has 0 aromatic heterocycles. The molecular weight excluding hydrogens is 360 g/mol. The summed E-state index contributed by atoms with van der Waals surface area (Å²) < 4.78 is 5.09. The molecule has 0 unspecified atom stereocenters. The van der Waals surface area contributed by atoms with Crippen molar-refractivity contribution in [1.29, 1.82) is 0 Å². The van der Waals surface area contributed by atoms with Gasteiger partial charge in [0.1, 0.15) is 30.5 Å². The van der Waals surface area contributed by atoms with Crippen LogP contribution in [0.15, 0.2) is 0 Å². The van der Waals surface area contributed by atoms with Crippen LogP contribution >= 0.6 is 0 Å². The maximum atomic E-state index is 12.3. The number of nitrogens with one attached hydrogen (secondary N) is 1. The molecule has 0 aromatic rings. The lowest BCUT2D eigenvalue weighted by molar-refractivity contribution is -0.228. The maximum Gasteiger partial charge on any atom is 0.325 e. The molecule has 158 valence electrons. The van der Waals surface area contributed by atoms with Crippen LogP contribution in [0.3, 0.4) is 0 Å². The lowest BCUT2D eigenvalue weighted by Gasteiger charge is -2.36. The molecule has 5 N–H and O–H groups in total. The third-order valence-corrected chi connectivity index (χ3v) is 4.28. The SMILES string of the molecule is CCOC(=O)[C@@H]1C[C@H]([C@H](NC(C)=O)[C@H](O)[C@@H](O)[C@@H](O)CO)ON1C(C)(C)C. The largest absolute Gasteiger partial charge is 0.465 e. The van der Waals surface area contributed by atoms with Crippen LogP contribution in [0.4, 0.5) is 0 Å². The summed E-state index contributed by atoms with van der Waals surface area (Å²) in [4.78, 5) is 29.8. The topological polar surface area (TPSA) is 149 Å². The Hall–Kier alpha value is -1.30. The van der Waals surface area contributed by atoms with Crippen LogP contribution < -0.4 is 5.32 Å². The van der Waals surface area contributed by atoms with Gasteiger partial charge in [-0.15, -0.1) is 0 Å². The van der Waals surface area contributed by atoms with Crippen LogP contribution in [-0.2, 0) is 19.2 Å². The number of carbonyl (C=O) groups is 2. The number of hydroxylamine groups is 2. The van der Waals surface area contributed by atoms with E-state index in [0.29, 0.717) is 0 Å². The first-order chi connectivity index (χ1) is 12.4. The van der Waals surface area contributed by atoms with E-state index in [1.54, 1.807) is 6.92 Å². The highest BCUT2D eigenvalue weighted by atomic mass is 16.7. The Morgan fingerprint density at radius 3 is 2.30 bits per heavy atom. The van der Waals surface area contributed by atoms with E-state index < -0.39 is 60.5 Å². The first-order valence-corrected chi connectivity index (χ1v) is 8.98. The fourth-order valence-corrected chi connectivity index (χ4v) is 3.03. The van der Waals surface area contributed by atoms with Crippen molar-refractivity contribution in [3.63, 3.8) is 0 Å². The number of rotatable bonds is 8. The quantitative estimate of drug-likeness (QED) is 0.305. The van der Waals surface area contributed by atoms with Crippen LogP contribution in [0.2, 0.25) is 0 Å². The average Bonchev–Trinajstić information content (AvgIpc) is 3.03. The molecule has 0 saturated carbocycles. The second-order valence-electron chi connectivity index (χ2n) is 7.60. The number of hydrogen-bond acceptors (Lipinski definition) is 9. The molecule has 0 bridgehead atoms. The van der Waals surface area contributed by atoms with Crippen molar-refractivity contribution in [1.82, 2.24) is 10.4 Å². The van der Waals surface area contributed by atoms with E-state index in [-0.39, 0.29) is 13.0 Å². The molecule has 0 aromatic carbocycles. The standard InChI is InChI=1S/C17H32N2O8/c1-6-26-16(25)10-7-12(27-19(10)17(3,4)5)13(18-9(2)21)15(24)14(23)11(22)8-20/h10-15,20,22-24H,6-8H2,1-5H3,(H,18,21)/t10-,11-,12+,13-,14-,15-/m0/s1. The zero-order valence-electron chi connectivity index (χ0n) is 16.5. The number of carbonyl (C=O) groups excluding carboxylic acids is 2. The van der Waals surface area contributed by atoms with Gasteiger partial charge in [0.15, 0.2) is 0 Å². The van der Waals surface area contributed by atoms with Gasteiger partial charge in [-0.2, -0.15) is 5.06 Å². The summed E-state index contributed by atoms with van der Waals surface area (Å²) in [5, 5.41) is 43.1. The van der Waals surface area contributed by atoms with E-state index in [9.17, 15) is 24.9 Å². The van der Waals surface area contributed by atoms with E-state index in [4.69, 9.17) is 14.7 Å². The molecule has 1 amide bonds. The molecule has 10 nitrogen and oxygen atoms in total. The highest BCUT2D eigenvalue weighted by molar-refractivity contribution is 5.76. The highest BCUT2D eigenvalue weighted by Gasteiger charge is 2.49. The van der Waals surface area contributed by atoms with Gasteiger partial charge in [0.05, 0.1) is 19.3 Å². The van der Waals surface area contributed by atoms with Gasteiger partial charge in [0, 0.05) is 18.9 Å². The monoisotopic (exact) mass is 392 g/mol. The van der Waals surface area contributed by atoms with E-state index in [0.717, 1.165) is 0 Å². The molecule has 27 heavy (non-hydrogen) atoms. The van der Waals surface area contributed by atoms with E-state index in [1.165, 1.54) is 12.0 Å². The van der Waals surface area contributed by atoms with Crippen LogP contribution in [0, 0.1) is 0 Å². The Balaban J connectivity index is 3.11. The molecule has 1 heterocycles. The zero-order chi connectivity index (χ0) is 20.9. The van der Waals surface area contributed by atoms with E-state index in [1.807, 2.05) is 20.8 Å². The summed E-state index contributed by atoms with van der Waals surface area (Å²) in [6, 6.07) is -1.89. The smallest absolute Gasteiger partial charge is 0.325 e. The molecule has 1 aliphatic heterocycles. The van der Waals surface area contributed by atoms with Crippen molar-refractivity contribution in [2.75, 3.05) is 13.2 Å². The predicted octanol–water partition coefficient (Wildman–Crippen LogP) is -1.70. The number of esters is 1. The summed E-state index contributed by atoms with van der Waals surface area (Å²) in [5.74, 6) is -0.989. The minimum absolute atomic E-state index is 0.0973. The van der Waals surface area contributed by atoms with Crippen molar-refractivity contribution in [2.45, 2.75) is 83.1 Å². The molecule has 1 rings (SSSR count). The fourth-order valence-electron chi connectivity index (χ4n) is 3.03. The van der Waals surface area contributed by atoms with Crippen molar-refractivity contribution < 1.29 is 39.6 Å². The zero-order valence-corrected chi connectivity index (χ0v) is 16.5. The predicted molar refractivity (Wildman–Crippen MR) is 94.2 cm³/mol. The number of hydrogen-bond donors (Lipinski definition) is 5.